The summed E-state index contributed by atoms with van der Waals surface area (Å²) >= 11 is 0. The molecule has 2 aliphatic heterocycles. The third kappa shape index (κ3) is 5.43. The first-order chi connectivity index (χ1) is 15.6. The van der Waals surface area contributed by atoms with Gasteiger partial charge in [0.15, 0.2) is 0 Å². The predicted molar refractivity (Wildman–Crippen MR) is 127 cm³/mol. The lowest BCUT2D eigenvalue weighted by Crippen LogP contribution is -2.41. The van der Waals surface area contributed by atoms with Crippen molar-refractivity contribution in [2.24, 2.45) is 11.8 Å². The molecule has 1 N–H and O–H groups in total. The van der Waals surface area contributed by atoms with Gasteiger partial charge in [-0.3, -0.25) is 9.69 Å². The maximum atomic E-state index is 12.9. The average molecular weight is 438 g/mol. The summed E-state index contributed by atoms with van der Waals surface area (Å²) in [4.78, 5) is 17.8. The van der Waals surface area contributed by atoms with E-state index in [4.69, 9.17) is 9.47 Å². The maximum Gasteiger partial charge on any atom is 0.228 e. The van der Waals surface area contributed by atoms with Crippen LogP contribution in [0, 0.1) is 11.8 Å². The van der Waals surface area contributed by atoms with Crippen LogP contribution < -0.4 is 14.8 Å². The second kappa shape index (κ2) is 10.4. The van der Waals surface area contributed by atoms with Gasteiger partial charge >= 0.3 is 0 Å². The number of amides is 1. The number of nitrogens with one attached hydrogen (secondary N) is 1. The monoisotopic (exact) mass is 437 g/mol. The first-order valence-corrected chi connectivity index (χ1v) is 11.6. The van der Waals surface area contributed by atoms with Crippen molar-refractivity contribution in [3.05, 3.63) is 54.1 Å². The molecule has 1 amide bonds. The van der Waals surface area contributed by atoms with Crippen LogP contribution in [0.1, 0.15) is 24.8 Å². The Labute approximate surface area is 191 Å². The van der Waals surface area contributed by atoms with Gasteiger partial charge in [-0.2, -0.15) is 0 Å². The minimum Gasteiger partial charge on any atom is -0.497 e. The molecule has 0 spiro atoms. The fourth-order valence-electron chi connectivity index (χ4n) is 5.21. The number of nitrogens with zero attached hydrogens (tertiary/aromatic N) is 2. The van der Waals surface area contributed by atoms with Crippen LogP contribution in [0.5, 0.6) is 11.5 Å². The summed E-state index contributed by atoms with van der Waals surface area (Å²) in [5, 5.41) is 3.08. The number of methoxy groups -OCH3 is 2. The minimum absolute atomic E-state index is 0.0434. The molecule has 32 heavy (non-hydrogen) atoms. The zero-order chi connectivity index (χ0) is 22.5. The number of anilines is 1. The van der Waals surface area contributed by atoms with Gasteiger partial charge < -0.3 is 19.7 Å². The number of carbonyl (C=O) groups excluding carboxylic acids is 1. The topological polar surface area (TPSA) is 54.0 Å². The van der Waals surface area contributed by atoms with Crippen LogP contribution in [0.2, 0.25) is 0 Å². The van der Waals surface area contributed by atoms with Crippen molar-refractivity contribution in [3.63, 3.8) is 0 Å². The highest BCUT2D eigenvalue weighted by Crippen LogP contribution is 2.34. The molecule has 2 aromatic carbocycles. The molecule has 0 unspecified atom stereocenters. The van der Waals surface area contributed by atoms with E-state index in [9.17, 15) is 4.79 Å². The van der Waals surface area contributed by atoms with Crippen molar-refractivity contribution in [2.75, 3.05) is 46.2 Å². The van der Waals surface area contributed by atoms with Gasteiger partial charge in [-0.05, 0) is 87.3 Å². The average Bonchev–Trinajstić information content (AvgIpc) is 3.22. The number of ether oxygens (including phenoxy) is 2. The Balaban J connectivity index is 1.27. The molecule has 2 heterocycles. The Kier molecular flexibility index (Phi) is 7.33. The van der Waals surface area contributed by atoms with E-state index in [2.05, 4.69) is 40.4 Å². The van der Waals surface area contributed by atoms with Crippen LogP contribution in [-0.2, 0) is 11.3 Å². The third-order valence-corrected chi connectivity index (χ3v) is 7.05. The van der Waals surface area contributed by atoms with E-state index < -0.39 is 0 Å². The van der Waals surface area contributed by atoms with Crippen LogP contribution >= 0.6 is 0 Å². The third-order valence-electron chi connectivity index (χ3n) is 7.05. The van der Waals surface area contributed by atoms with Crippen molar-refractivity contribution >= 4 is 11.6 Å². The summed E-state index contributed by atoms with van der Waals surface area (Å²) in [5.74, 6) is 2.53. The summed E-state index contributed by atoms with van der Waals surface area (Å²) in [5.41, 5.74) is 2.13. The summed E-state index contributed by atoms with van der Waals surface area (Å²) in [6.07, 6.45) is 3.32. The first kappa shape index (κ1) is 22.6. The molecule has 2 saturated heterocycles. The van der Waals surface area contributed by atoms with E-state index >= 15 is 0 Å². The number of carbonyl (C=O) groups is 1. The van der Waals surface area contributed by atoms with Gasteiger partial charge in [0.2, 0.25) is 5.91 Å². The van der Waals surface area contributed by atoms with Crippen LogP contribution in [0.25, 0.3) is 0 Å². The second-order valence-corrected chi connectivity index (χ2v) is 9.12. The lowest BCUT2D eigenvalue weighted by Gasteiger charge is -2.37. The largest absolute Gasteiger partial charge is 0.497 e. The standard InChI is InChI=1S/C26H35N3O3/c1-28-18-21(26(30)27-22-7-9-23(31-2)10-8-22)16-25(28)20-11-13-29(14-12-20)17-19-5-4-6-24(15-19)32-3/h4-10,15,20-21,25H,11-14,16-18H2,1-3H3,(H,27,30)/t21-,25-/m1/s1. The Morgan fingerprint density at radius 2 is 1.75 bits per heavy atom. The Bertz CT molecular complexity index is 893. The summed E-state index contributed by atoms with van der Waals surface area (Å²) in [6, 6.07) is 16.4. The van der Waals surface area contributed by atoms with E-state index in [0.29, 0.717) is 12.0 Å². The number of rotatable bonds is 7. The second-order valence-electron chi connectivity index (χ2n) is 9.12. The molecule has 0 aliphatic carbocycles. The highest BCUT2D eigenvalue weighted by Gasteiger charge is 2.39. The Morgan fingerprint density at radius 3 is 2.44 bits per heavy atom. The molecule has 172 valence electrons. The van der Waals surface area contributed by atoms with Crippen molar-refractivity contribution in [3.8, 4) is 11.5 Å². The van der Waals surface area contributed by atoms with Crippen molar-refractivity contribution in [1.29, 1.82) is 0 Å². The SMILES string of the molecule is COc1ccc(NC(=O)[C@@H]2C[C@H](C3CCN(Cc4cccc(OC)c4)CC3)N(C)C2)cc1. The smallest absolute Gasteiger partial charge is 0.228 e. The molecule has 2 aliphatic rings. The predicted octanol–water partition coefficient (Wildman–Crippen LogP) is 3.87. The van der Waals surface area contributed by atoms with E-state index in [1.165, 1.54) is 18.4 Å². The number of piperidine rings is 1. The van der Waals surface area contributed by atoms with Crippen LogP contribution in [0.15, 0.2) is 48.5 Å². The minimum atomic E-state index is 0.0434. The van der Waals surface area contributed by atoms with Gasteiger partial charge in [-0.1, -0.05) is 12.1 Å². The molecule has 0 saturated carbocycles. The number of benzene rings is 2. The lowest BCUT2D eigenvalue weighted by atomic mass is 9.86. The molecule has 2 fully saturated rings. The van der Waals surface area contributed by atoms with Gasteiger partial charge in [0, 0.05) is 24.8 Å². The van der Waals surface area contributed by atoms with Crippen molar-refractivity contribution in [2.45, 2.75) is 31.8 Å². The van der Waals surface area contributed by atoms with E-state index in [1.54, 1.807) is 14.2 Å². The molecule has 6 heteroatoms. The molecule has 2 atom stereocenters. The zero-order valence-corrected chi connectivity index (χ0v) is 19.4. The van der Waals surface area contributed by atoms with Gasteiger partial charge in [0.05, 0.1) is 20.1 Å². The molecular weight excluding hydrogens is 402 g/mol. The van der Waals surface area contributed by atoms with Crippen LogP contribution in [0.3, 0.4) is 0 Å². The van der Waals surface area contributed by atoms with Gasteiger partial charge in [-0.15, -0.1) is 0 Å². The fraction of sp³-hybridized carbons (Fsp3) is 0.500. The molecule has 0 aromatic heterocycles. The number of hydrogen-bond acceptors (Lipinski definition) is 5. The summed E-state index contributed by atoms with van der Waals surface area (Å²) in [7, 11) is 5.53. The molecule has 0 radical (unpaired) electrons. The van der Waals surface area contributed by atoms with E-state index in [-0.39, 0.29) is 11.8 Å². The highest BCUT2D eigenvalue weighted by molar-refractivity contribution is 5.93. The molecule has 2 aromatic rings. The molecule has 0 bridgehead atoms. The molecule has 6 nitrogen and oxygen atoms in total. The summed E-state index contributed by atoms with van der Waals surface area (Å²) in [6.45, 7) is 4.01. The number of likely N-dealkylation sites (tertiary alicyclic amines) is 2. The normalized spacial score (nSPS) is 22.6. The van der Waals surface area contributed by atoms with Gasteiger partial charge in [0.25, 0.3) is 0 Å². The Hall–Kier alpha value is -2.57. The van der Waals surface area contributed by atoms with E-state index in [1.807, 2.05) is 30.3 Å². The van der Waals surface area contributed by atoms with Gasteiger partial charge in [0.1, 0.15) is 11.5 Å². The Morgan fingerprint density at radius 1 is 1.03 bits per heavy atom. The van der Waals surface area contributed by atoms with E-state index in [0.717, 1.165) is 49.8 Å². The highest BCUT2D eigenvalue weighted by atomic mass is 16.5. The van der Waals surface area contributed by atoms with Crippen LogP contribution in [-0.4, -0.2) is 62.7 Å². The number of hydrogen-bond donors (Lipinski definition) is 1. The quantitative estimate of drug-likeness (QED) is 0.713. The van der Waals surface area contributed by atoms with Crippen molar-refractivity contribution in [1.82, 2.24) is 9.80 Å². The van der Waals surface area contributed by atoms with Gasteiger partial charge in [-0.25, -0.2) is 0 Å². The van der Waals surface area contributed by atoms with Crippen LogP contribution in [0.4, 0.5) is 5.69 Å². The zero-order valence-electron chi connectivity index (χ0n) is 19.4. The maximum absolute atomic E-state index is 12.9. The molecule has 4 rings (SSSR count). The lowest BCUT2D eigenvalue weighted by molar-refractivity contribution is -0.119. The van der Waals surface area contributed by atoms with Crippen molar-refractivity contribution < 1.29 is 14.3 Å². The molecular formula is C26H35N3O3. The summed E-state index contributed by atoms with van der Waals surface area (Å²) < 4.78 is 10.5. The fourth-order valence-corrected chi connectivity index (χ4v) is 5.21. The first-order valence-electron chi connectivity index (χ1n) is 11.6.